The molecule has 1 aliphatic rings. The van der Waals surface area contributed by atoms with Gasteiger partial charge in [0.05, 0.1) is 15.4 Å². The molecule has 1 fully saturated rings. The molecule has 1 heterocycles. The van der Waals surface area contributed by atoms with Crippen LogP contribution < -0.4 is 0 Å². The Labute approximate surface area is 134 Å². The van der Waals surface area contributed by atoms with Crippen molar-refractivity contribution in [1.82, 2.24) is 4.90 Å². The molecule has 1 aromatic carbocycles. The molecule has 0 spiro atoms. The van der Waals surface area contributed by atoms with Crippen LogP contribution in [0, 0.1) is 10.1 Å². The first-order valence-corrected chi connectivity index (χ1v) is 7.28. The van der Waals surface area contributed by atoms with Crippen LogP contribution >= 0.6 is 24.0 Å². The molecule has 114 valence electrons. The van der Waals surface area contributed by atoms with Crippen molar-refractivity contribution in [1.29, 1.82) is 0 Å². The van der Waals surface area contributed by atoms with Crippen LogP contribution in [0.1, 0.15) is 12.5 Å². The Morgan fingerprint density at radius 1 is 1.50 bits per heavy atom. The minimum Gasteiger partial charge on any atom is -0.480 e. The number of nitro groups is 1. The first kappa shape index (κ1) is 16.1. The number of amides is 1. The number of benzene rings is 1. The van der Waals surface area contributed by atoms with Crippen LogP contribution in [-0.2, 0) is 9.59 Å². The van der Waals surface area contributed by atoms with Gasteiger partial charge in [-0.05, 0) is 19.1 Å². The maximum absolute atomic E-state index is 12.3. The number of thiocarbonyl (C=S) groups is 1. The van der Waals surface area contributed by atoms with E-state index in [1.165, 1.54) is 31.2 Å². The number of hydrogen-bond donors (Lipinski definition) is 1. The molecular weight excluding hydrogens is 328 g/mol. The number of para-hydroxylation sites is 1. The lowest BCUT2D eigenvalue weighted by Crippen LogP contribution is -2.41. The van der Waals surface area contributed by atoms with Gasteiger partial charge in [0.1, 0.15) is 10.4 Å². The van der Waals surface area contributed by atoms with E-state index >= 15 is 0 Å². The third kappa shape index (κ3) is 3.00. The summed E-state index contributed by atoms with van der Waals surface area (Å²) in [5.74, 6) is -1.74. The summed E-state index contributed by atoms with van der Waals surface area (Å²) in [7, 11) is 0. The number of hydrogen-bond acceptors (Lipinski definition) is 6. The summed E-state index contributed by atoms with van der Waals surface area (Å²) in [5.41, 5.74) is 0.120. The second kappa shape index (κ2) is 6.24. The Bertz CT molecular complexity index is 716. The number of rotatable bonds is 4. The van der Waals surface area contributed by atoms with Crippen LogP contribution in [0.25, 0.3) is 6.08 Å². The Morgan fingerprint density at radius 3 is 2.73 bits per heavy atom. The van der Waals surface area contributed by atoms with Crippen LogP contribution in [0.4, 0.5) is 5.69 Å². The van der Waals surface area contributed by atoms with Gasteiger partial charge < -0.3 is 5.11 Å². The molecular formula is C13H10N2O5S2. The average molecular weight is 338 g/mol. The van der Waals surface area contributed by atoms with Gasteiger partial charge >= 0.3 is 5.97 Å². The van der Waals surface area contributed by atoms with E-state index < -0.39 is 22.8 Å². The molecule has 1 atom stereocenters. The predicted octanol–water partition coefficient (Wildman–Crippen LogP) is 2.27. The van der Waals surface area contributed by atoms with Gasteiger partial charge in [-0.15, -0.1) is 0 Å². The Morgan fingerprint density at radius 2 is 2.14 bits per heavy atom. The Hall–Kier alpha value is -2.26. The molecule has 1 aliphatic heterocycles. The summed E-state index contributed by atoms with van der Waals surface area (Å²) in [6.07, 6.45) is 1.35. The molecule has 1 saturated heterocycles. The number of thioether (sulfide) groups is 1. The van der Waals surface area contributed by atoms with Crippen LogP contribution in [-0.4, -0.2) is 37.2 Å². The largest absolute Gasteiger partial charge is 0.480 e. The highest BCUT2D eigenvalue weighted by Crippen LogP contribution is 2.35. The number of carbonyl (C=O) groups is 2. The molecule has 22 heavy (non-hydrogen) atoms. The van der Waals surface area contributed by atoms with E-state index in [2.05, 4.69) is 0 Å². The molecule has 0 aromatic heterocycles. The number of aliphatic carboxylic acids is 1. The smallest absolute Gasteiger partial charge is 0.326 e. The maximum atomic E-state index is 12.3. The van der Waals surface area contributed by atoms with E-state index in [0.29, 0.717) is 0 Å². The topological polar surface area (TPSA) is 101 Å². The first-order valence-electron chi connectivity index (χ1n) is 6.06. The lowest BCUT2D eigenvalue weighted by molar-refractivity contribution is -0.385. The quantitative estimate of drug-likeness (QED) is 0.389. The van der Waals surface area contributed by atoms with Gasteiger partial charge in [-0.25, -0.2) is 4.79 Å². The molecule has 7 nitrogen and oxygen atoms in total. The molecule has 1 amide bonds. The molecule has 2 rings (SSSR count). The van der Waals surface area contributed by atoms with Crippen LogP contribution in [0.5, 0.6) is 0 Å². The van der Waals surface area contributed by atoms with Crippen LogP contribution in [0.2, 0.25) is 0 Å². The third-order valence-corrected chi connectivity index (χ3v) is 4.32. The normalized spacial score (nSPS) is 17.9. The van der Waals surface area contributed by atoms with E-state index in [1.807, 2.05) is 0 Å². The van der Waals surface area contributed by atoms with Crippen molar-refractivity contribution in [3.63, 3.8) is 0 Å². The number of carboxylic acids is 1. The molecule has 0 radical (unpaired) electrons. The zero-order chi connectivity index (χ0) is 16.4. The van der Waals surface area contributed by atoms with E-state index in [4.69, 9.17) is 17.3 Å². The van der Waals surface area contributed by atoms with E-state index in [0.717, 1.165) is 16.7 Å². The highest BCUT2D eigenvalue weighted by atomic mass is 32.2. The van der Waals surface area contributed by atoms with E-state index in [9.17, 15) is 19.7 Å². The zero-order valence-electron chi connectivity index (χ0n) is 11.3. The Balaban J connectivity index is 2.39. The summed E-state index contributed by atoms with van der Waals surface area (Å²) < 4.78 is 0.115. The third-order valence-electron chi connectivity index (χ3n) is 2.99. The van der Waals surface area contributed by atoms with Gasteiger partial charge in [0, 0.05) is 6.07 Å². The van der Waals surface area contributed by atoms with Crippen molar-refractivity contribution in [2.45, 2.75) is 13.0 Å². The highest BCUT2D eigenvalue weighted by Gasteiger charge is 2.38. The summed E-state index contributed by atoms with van der Waals surface area (Å²) >= 11 is 5.95. The van der Waals surface area contributed by atoms with Gasteiger partial charge in [-0.1, -0.05) is 36.1 Å². The fraction of sp³-hybridized carbons (Fsp3) is 0.154. The lowest BCUT2D eigenvalue weighted by atomic mass is 10.1. The van der Waals surface area contributed by atoms with Crippen LogP contribution in [0.15, 0.2) is 29.2 Å². The minimum atomic E-state index is -1.18. The minimum absolute atomic E-state index is 0.115. The summed E-state index contributed by atoms with van der Waals surface area (Å²) in [6, 6.07) is 4.87. The van der Waals surface area contributed by atoms with E-state index in [1.54, 1.807) is 6.07 Å². The maximum Gasteiger partial charge on any atom is 0.326 e. The zero-order valence-corrected chi connectivity index (χ0v) is 12.9. The van der Waals surface area contributed by atoms with Crippen LogP contribution in [0.3, 0.4) is 0 Å². The number of carboxylic acid groups (broad SMARTS) is 1. The summed E-state index contributed by atoms with van der Waals surface area (Å²) in [4.78, 5) is 34.9. The molecule has 0 bridgehead atoms. The van der Waals surface area contributed by atoms with Gasteiger partial charge in [0.25, 0.3) is 11.6 Å². The van der Waals surface area contributed by atoms with Gasteiger partial charge in [0.15, 0.2) is 0 Å². The standard InChI is InChI=1S/C13H10N2O5S2/c1-7(12(17)18)14-11(16)10(22-13(14)21)6-8-4-2-3-5-9(8)15(19)20/h2-7H,1H3,(H,17,18)/b10-6-. The molecule has 9 heteroatoms. The van der Waals surface area contributed by atoms with Gasteiger partial charge in [-0.2, -0.15) is 0 Å². The molecule has 1 unspecified atom stereocenters. The van der Waals surface area contributed by atoms with Crippen molar-refractivity contribution < 1.29 is 19.6 Å². The number of carbonyl (C=O) groups excluding carboxylic acids is 1. The Kier molecular flexibility index (Phi) is 4.57. The fourth-order valence-corrected chi connectivity index (χ4v) is 3.25. The molecule has 1 N–H and O–H groups in total. The SMILES string of the molecule is CC(C(=O)O)N1C(=O)/C(=C/c2ccccc2[N+](=O)[O-])SC1=S. The van der Waals surface area contributed by atoms with E-state index in [-0.39, 0.29) is 20.5 Å². The first-order chi connectivity index (χ1) is 10.3. The summed E-state index contributed by atoms with van der Waals surface area (Å²) in [6.45, 7) is 1.35. The van der Waals surface area contributed by atoms with Crippen molar-refractivity contribution in [2.75, 3.05) is 0 Å². The predicted molar refractivity (Wildman–Crippen MR) is 85.2 cm³/mol. The van der Waals surface area contributed by atoms with Gasteiger partial charge in [-0.3, -0.25) is 19.8 Å². The second-order valence-electron chi connectivity index (χ2n) is 4.38. The number of nitro benzene ring substituents is 1. The monoisotopic (exact) mass is 338 g/mol. The van der Waals surface area contributed by atoms with Crippen molar-refractivity contribution >= 4 is 51.9 Å². The van der Waals surface area contributed by atoms with Gasteiger partial charge in [0.2, 0.25) is 0 Å². The second-order valence-corrected chi connectivity index (χ2v) is 6.06. The molecule has 0 saturated carbocycles. The molecule has 1 aromatic rings. The summed E-state index contributed by atoms with van der Waals surface area (Å²) in [5, 5.41) is 20.0. The number of nitrogens with zero attached hydrogens (tertiary/aromatic N) is 2. The lowest BCUT2D eigenvalue weighted by Gasteiger charge is -2.18. The fourth-order valence-electron chi connectivity index (χ4n) is 1.84. The van der Waals surface area contributed by atoms with Crippen molar-refractivity contribution in [3.8, 4) is 0 Å². The van der Waals surface area contributed by atoms with Crippen molar-refractivity contribution in [3.05, 3.63) is 44.8 Å². The highest BCUT2D eigenvalue weighted by molar-refractivity contribution is 8.26. The average Bonchev–Trinajstić information content (AvgIpc) is 2.73. The van der Waals surface area contributed by atoms with Crippen molar-refractivity contribution in [2.24, 2.45) is 0 Å². The molecule has 0 aliphatic carbocycles.